The van der Waals surface area contributed by atoms with Gasteiger partial charge < -0.3 is 4.74 Å². The Labute approximate surface area is 137 Å². The van der Waals surface area contributed by atoms with Crippen molar-refractivity contribution in [1.82, 2.24) is 10.4 Å². The summed E-state index contributed by atoms with van der Waals surface area (Å²) < 4.78 is 6.51. The number of rotatable bonds is 6. The molecule has 6 heteroatoms. The smallest absolute Gasteiger partial charge is 0.277 e. The second-order valence-electron chi connectivity index (χ2n) is 4.44. The molecule has 0 unspecified atom stereocenters. The lowest BCUT2D eigenvalue weighted by Crippen LogP contribution is -2.24. The fourth-order valence-corrected chi connectivity index (χ4v) is 2.17. The quantitative estimate of drug-likeness (QED) is 0.635. The molecule has 0 radical (unpaired) electrons. The number of nitrogens with one attached hydrogen (secondary N) is 1. The fraction of sp³-hybridized carbons (Fsp3) is 0.188. The fourth-order valence-electron chi connectivity index (χ4n) is 1.76. The monoisotopic (exact) mass is 361 g/mol. The zero-order valence-corrected chi connectivity index (χ0v) is 13.7. The van der Waals surface area contributed by atoms with E-state index in [1.165, 1.54) is 6.21 Å². The highest BCUT2D eigenvalue weighted by atomic mass is 79.9. The van der Waals surface area contributed by atoms with Crippen LogP contribution in [-0.2, 0) is 11.2 Å². The summed E-state index contributed by atoms with van der Waals surface area (Å²) in [7, 11) is 0. The molecule has 0 saturated carbocycles. The number of hydrogen-bond acceptors (Lipinski definition) is 4. The predicted molar refractivity (Wildman–Crippen MR) is 89.0 cm³/mol. The van der Waals surface area contributed by atoms with Crippen molar-refractivity contribution in [1.29, 1.82) is 0 Å². The number of hydrogen-bond donors (Lipinski definition) is 1. The lowest BCUT2D eigenvalue weighted by atomic mass is 10.1. The third kappa shape index (κ3) is 4.96. The molecule has 5 nitrogen and oxygen atoms in total. The number of nitrogens with zero attached hydrogens (tertiary/aromatic N) is 2. The van der Waals surface area contributed by atoms with Gasteiger partial charge in [-0.15, -0.1) is 0 Å². The van der Waals surface area contributed by atoms with E-state index in [1.54, 1.807) is 12.3 Å². The van der Waals surface area contributed by atoms with Crippen LogP contribution in [0.1, 0.15) is 18.2 Å². The topological polar surface area (TPSA) is 63.6 Å². The highest BCUT2D eigenvalue weighted by molar-refractivity contribution is 9.10. The van der Waals surface area contributed by atoms with Gasteiger partial charge >= 0.3 is 0 Å². The van der Waals surface area contributed by atoms with Gasteiger partial charge in [-0.3, -0.25) is 9.78 Å². The minimum atomic E-state index is -0.322. The van der Waals surface area contributed by atoms with Crippen molar-refractivity contribution < 1.29 is 9.53 Å². The van der Waals surface area contributed by atoms with Crippen LogP contribution in [0.15, 0.2) is 52.2 Å². The lowest BCUT2D eigenvalue weighted by Gasteiger charge is -2.09. The summed E-state index contributed by atoms with van der Waals surface area (Å²) in [6.45, 7) is 1.94. The number of carbonyl (C=O) groups is 1. The van der Waals surface area contributed by atoms with Crippen LogP contribution < -0.4 is 10.2 Å². The van der Waals surface area contributed by atoms with E-state index in [0.29, 0.717) is 11.4 Å². The molecule has 1 amide bonds. The molecule has 1 heterocycles. The van der Waals surface area contributed by atoms with Crippen LogP contribution in [0, 0.1) is 0 Å². The number of hydrazone groups is 1. The SMILES string of the molecule is CCc1cc(Br)ccc1OCC(=O)N/N=C/c1ccccn1. The van der Waals surface area contributed by atoms with Gasteiger partial charge in [0.1, 0.15) is 5.75 Å². The van der Waals surface area contributed by atoms with E-state index in [2.05, 4.69) is 31.4 Å². The Morgan fingerprint density at radius 2 is 2.27 bits per heavy atom. The summed E-state index contributed by atoms with van der Waals surface area (Å²) in [5.74, 6) is 0.381. The van der Waals surface area contributed by atoms with Crippen LogP contribution in [0.25, 0.3) is 0 Å². The zero-order chi connectivity index (χ0) is 15.8. The highest BCUT2D eigenvalue weighted by Crippen LogP contribution is 2.23. The molecule has 0 saturated heterocycles. The van der Waals surface area contributed by atoms with E-state index in [1.807, 2.05) is 37.3 Å². The van der Waals surface area contributed by atoms with E-state index in [-0.39, 0.29) is 12.5 Å². The molecule has 0 bridgehead atoms. The van der Waals surface area contributed by atoms with Gasteiger partial charge in [0.2, 0.25) is 0 Å². The molecule has 114 valence electrons. The van der Waals surface area contributed by atoms with Gasteiger partial charge in [0, 0.05) is 10.7 Å². The normalized spacial score (nSPS) is 10.6. The van der Waals surface area contributed by atoms with Crippen LogP contribution >= 0.6 is 15.9 Å². The molecule has 0 aliphatic carbocycles. The molecule has 0 aliphatic rings. The number of benzene rings is 1. The van der Waals surface area contributed by atoms with Crippen molar-refractivity contribution in [2.24, 2.45) is 5.10 Å². The van der Waals surface area contributed by atoms with Crippen LogP contribution in [0.3, 0.4) is 0 Å². The van der Waals surface area contributed by atoms with Gasteiger partial charge in [-0.2, -0.15) is 5.10 Å². The summed E-state index contributed by atoms with van der Waals surface area (Å²) in [5, 5.41) is 3.84. The van der Waals surface area contributed by atoms with E-state index in [0.717, 1.165) is 16.5 Å². The van der Waals surface area contributed by atoms with Crippen molar-refractivity contribution in [3.8, 4) is 5.75 Å². The summed E-state index contributed by atoms with van der Waals surface area (Å²) >= 11 is 3.41. The molecule has 2 aromatic rings. The molecule has 2 rings (SSSR count). The number of pyridine rings is 1. The van der Waals surface area contributed by atoms with Gasteiger partial charge in [-0.25, -0.2) is 5.43 Å². The van der Waals surface area contributed by atoms with E-state index in [9.17, 15) is 4.79 Å². The molecule has 0 spiro atoms. The average Bonchev–Trinajstić information content (AvgIpc) is 2.54. The van der Waals surface area contributed by atoms with Crippen molar-refractivity contribution in [2.45, 2.75) is 13.3 Å². The van der Waals surface area contributed by atoms with Crippen molar-refractivity contribution in [2.75, 3.05) is 6.61 Å². The standard InChI is InChI=1S/C16H16BrN3O2/c1-2-12-9-13(17)6-7-15(12)22-11-16(21)20-19-10-14-5-3-4-8-18-14/h3-10H,2,11H2,1H3,(H,20,21)/b19-10+. The van der Waals surface area contributed by atoms with Crippen LogP contribution in [0.5, 0.6) is 5.75 Å². The highest BCUT2D eigenvalue weighted by Gasteiger charge is 2.06. The summed E-state index contributed by atoms with van der Waals surface area (Å²) in [6.07, 6.45) is 3.97. The Hall–Kier alpha value is -2.21. The van der Waals surface area contributed by atoms with Gasteiger partial charge in [0.15, 0.2) is 6.61 Å². The first-order valence-corrected chi connectivity index (χ1v) is 7.62. The third-order valence-electron chi connectivity index (χ3n) is 2.84. The number of amides is 1. The maximum absolute atomic E-state index is 11.7. The van der Waals surface area contributed by atoms with Crippen molar-refractivity contribution in [3.05, 3.63) is 58.3 Å². The molecule has 1 aromatic heterocycles. The number of halogens is 1. The largest absolute Gasteiger partial charge is 0.483 e. The number of ether oxygens (including phenoxy) is 1. The van der Waals surface area contributed by atoms with Crippen LogP contribution in [0.4, 0.5) is 0 Å². The Kier molecular flexibility index (Phi) is 6.09. The first-order chi connectivity index (χ1) is 10.7. The zero-order valence-electron chi connectivity index (χ0n) is 12.1. The molecule has 0 atom stereocenters. The van der Waals surface area contributed by atoms with Crippen LogP contribution in [-0.4, -0.2) is 23.7 Å². The Morgan fingerprint density at radius 3 is 3.00 bits per heavy atom. The Balaban J connectivity index is 1.84. The van der Waals surface area contributed by atoms with Crippen molar-refractivity contribution in [3.63, 3.8) is 0 Å². The minimum absolute atomic E-state index is 0.0891. The lowest BCUT2D eigenvalue weighted by molar-refractivity contribution is -0.123. The van der Waals surface area contributed by atoms with Gasteiger partial charge in [-0.1, -0.05) is 28.9 Å². The molecular weight excluding hydrogens is 346 g/mol. The molecule has 22 heavy (non-hydrogen) atoms. The van der Waals surface area contributed by atoms with E-state index in [4.69, 9.17) is 4.74 Å². The van der Waals surface area contributed by atoms with Crippen molar-refractivity contribution >= 4 is 28.1 Å². The van der Waals surface area contributed by atoms with E-state index < -0.39 is 0 Å². The molecule has 1 N–H and O–H groups in total. The first-order valence-electron chi connectivity index (χ1n) is 6.83. The summed E-state index contributed by atoms with van der Waals surface area (Å²) in [6, 6.07) is 11.2. The number of carbonyl (C=O) groups excluding carboxylic acids is 1. The molecule has 0 fully saturated rings. The predicted octanol–water partition coefficient (Wildman–Crippen LogP) is 2.94. The Bertz CT molecular complexity index is 660. The van der Waals surface area contributed by atoms with Gasteiger partial charge in [0.25, 0.3) is 5.91 Å². The van der Waals surface area contributed by atoms with E-state index >= 15 is 0 Å². The second kappa shape index (κ2) is 8.29. The summed E-state index contributed by atoms with van der Waals surface area (Å²) in [4.78, 5) is 15.8. The van der Waals surface area contributed by atoms with Crippen LogP contribution in [0.2, 0.25) is 0 Å². The van der Waals surface area contributed by atoms with Gasteiger partial charge in [0.05, 0.1) is 11.9 Å². The number of aryl methyl sites for hydroxylation is 1. The Morgan fingerprint density at radius 1 is 1.41 bits per heavy atom. The minimum Gasteiger partial charge on any atom is -0.483 e. The average molecular weight is 362 g/mol. The maximum Gasteiger partial charge on any atom is 0.277 e. The maximum atomic E-state index is 11.7. The second-order valence-corrected chi connectivity index (χ2v) is 5.36. The van der Waals surface area contributed by atoms with Gasteiger partial charge in [-0.05, 0) is 42.3 Å². The summed E-state index contributed by atoms with van der Waals surface area (Å²) in [5.41, 5.74) is 4.12. The molecule has 0 aliphatic heterocycles. The first kappa shape index (κ1) is 16.2. The molecular formula is C16H16BrN3O2. The number of aromatic nitrogens is 1. The molecule has 1 aromatic carbocycles. The third-order valence-corrected chi connectivity index (χ3v) is 3.33.